The fourth-order valence-electron chi connectivity index (χ4n) is 2.86. The van der Waals surface area contributed by atoms with Crippen LogP contribution in [0.2, 0.25) is 0 Å². The molecule has 132 valence electrons. The Hall–Kier alpha value is -2.11. The maximum Gasteiger partial charge on any atom is 0.410 e. The molecule has 0 N–H and O–H groups in total. The van der Waals surface area contributed by atoms with Crippen LogP contribution >= 0.6 is 0 Å². The Kier molecular flexibility index (Phi) is 5.47. The number of hydrogen-bond donors (Lipinski definition) is 0. The number of halogens is 1. The Balaban J connectivity index is 2.18. The van der Waals surface area contributed by atoms with Gasteiger partial charge in [-0.05, 0) is 45.2 Å². The van der Waals surface area contributed by atoms with Crippen LogP contribution in [0, 0.1) is 5.82 Å². The molecule has 1 aromatic rings. The zero-order chi connectivity index (χ0) is 17.9. The number of carbonyl (C=O) groups excluding carboxylic acids is 2. The molecule has 0 aliphatic carbocycles. The fraction of sp³-hybridized carbons (Fsp3) is 0.556. The summed E-state index contributed by atoms with van der Waals surface area (Å²) < 4.78 is 24.7. The van der Waals surface area contributed by atoms with E-state index in [-0.39, 0.29) is 11.5 Å². The number of benzene rings is 1. The van der Waals surface area contributed by atoms with Crippen LogP contribution in [-0.4, -0.2) is 42.8 Å². The summed E-state index contributed by atoms with van der Waals surface area (Å²) >= 11 is 0. The molecular weight excluding hydrogens is 313 g/mol. The van der Waals surface area contributed by atoms with E-state index in [0.717, 1.165) is 12.8 Å². The molecule has 0 bridgehead atoms. The molecule has 0 radical (unpaired) electrons. The van der Waals surface area contributed by atoms with Gasteiger partial charge in [0.25, 0.3) is 0 Å². The fourth-order valence-corrected chi connectivity index (χ4v) is 2.86. The summed E-state index contributed by atoms with van der Waals surface area (Å²) in [6.07, 6.45) is 1.11. The minimum Gasteiger partial charge on any atom is -0.465 e. The third kappa shape index (κ3) is 4.24. The predicted octanol–water partition coefficient (Wildman–Crippen LogP) is 3.73. The normalized spacial score (nSPS) is 18.2. The number of nitrogens with zero attached hydrogens (tertiary/aromatic N) is 1. The second-order valence-electron chi connectivity index (χ2n) is 6.97. The molecule has 0 aromatic heterocycles. The van der Waals surface area contributed by atoms with Crippen molar-refractivity contribution in [2.24, 2.45) is 0 Å². The van der Waals surface area contributed by atoms with Crippen LogP contribution in [0.3, 0.4) is 0 Å². The van der Waals surface area contributed by atoms with Crippen LogP contribution < -0.4 is 0 Å². The van der Waals surface area contributed by atoms with Crippen LogP contribution in [-0.2, 0) is 9.47 Å². The highest BCUT2D eigenvalue weighted by atomic mass is 19.1. The molecule has 1 heterocycles. The standard InChI is InChI=1S/C18H24FNO4/c1-18(2,3)24-17(22)20-10-6-7-12(11-20)13-8-5-9-14(15(13)19)16(21)23-4/h5,8-9,12H,6-7,10-11H2,1-4H3. The van der Waals surface area contributed by atoms with E-state index in [1.54, 1.807) is 17.0 Å². The monoisotopic (exact) mass is 337 g/mol. The Bertz CT molecular complexity index is 624. The van der Waals surface area contributed by atoms with Crippen molar-refractivity contribution >= 4 is 12.1 Å². The molecule has 6 heteroatoms. The number of esters is 1. The quantitative estimate of drug-likeness (QED) is 0.772. The van der Waals surface area contributed by atoms with Crippen molar-refractivity contribution < 1.29 is 23.5 Å². The van der Waals surface area contributed by atoms with Crippen molar-refractivity contribution in [2.75, 3.05) is 20.2 Å². The number of hydrogen-bond acceptors (Lipinski definition) is 4. The Labute approximate surface area is 141 Å². The number of methoxy groups -OCH3 is 1. The molecule has 24 heavy (non-hydrogen) atoms. The molecule has 5 nitrogen and oxygen atoms in total. The number of carbonyl (C=O) groups is 2. The molecule has 1 aromatic carbocycles. The number of likely N-dealkylation sites (tertiary alicyclic amines) is 1. The molecule has 1 atom stereocenters. The third-order valence-electron chi connectivity index (χ3n) is 3.95. The van der Waals surface area contributed by atoms with Gasteiger partial charge in [-0.3, -0.25) is 0 Å². The first-order chi connectivity index (χ1) is 11.2. The minimum atomic E-state index is -0.700. The second kappa shape index (κ2) is 7.20. The summed E-state index contributed by atoms with van der Waals surface area (Å²) in [7, 11) is 1.22. The molecule has 1 unspecified atom stereocenters. The highest BCUT2D eigenvalue weighted by Gasteiger charge is 2.30. The van der Waals surface area contributed by atoms with E-state index in [9.17, 15) is 14.0 Å². The first kappa shape index (κ1) is 18.2. The SMILES string of the molecule is COC(=O)c1cccc(C2CCCN(C(=O)OC(C)(C)C)C2)c1F. The van der Waals surface area contributed by atoms with Crippen molar-refractivity contribution in [3.8, 4) is 0 Å². The summed E-state index contributed by atoms with van der Waals surface area (Å²) in [5, 5.41) is 0. The van der Waals surface area contributed by atoms with E-state index < -0.39 is 23.5 Å². The van der Waals surface area contributed by atoms with Crippen molar-refractivity contribution in [3.63, 3.8) is 0 Å². The highest BCUT2D eigenvalue weighted by molar-refractivity contribution is 5.89. The van der Waals surface area contributed by atoms with Gasteiger partial charge in [-0.2, -0.15) is 0 Å². The lowest BCUT2D eigenvalue weighted by Crippen LogP contribution is -2.42. The first-order valence-corrected chi connectivity index (χ1v) is 8.07. The molecular formula is C18H24FNO4. The van der Waals surface area contributed by atoms with Gasteiger partial charge in [0, 0.05) is 19.0 Å². The van der Waals surface area contributed by atoms with E-state index in [1.807, 2.05) is 20.8 Å². The highest BCUT2D eigenvalue weighted by Crippen LogP contribution is 2.30. The largest absolute Gasteiger partial charge is 0.465 e. The topological polar surface area (TPSA) is 55.8 Å². The minimum absolute atomic E-state index is 0.0793. The van der Waals surface area contributed by atoms with Crippen molar-refractivity contribution in [2.45, 2.75) is 45.1 Å². The lowest BCUT2D eigenvalue weighted by Gasteiger charge is -2.34. The van der Waals surface area contributed by atoms with Gasteiger partial charge in [0.1, 0.15) is 11.4 Å². The molecule has 1 fully saturated rings. The Morgan fingerprint density at radius 1 is 1.29 bits per heavy atom. The molecule has 1 aliphatic heterocycles. The van der Waals surface area contributed by atoms with Gasteiger partial charge in [-0.1, -0.05) is 12.1 Å². The van der Waals surface area contributed by atoms with Crippen molar-refractivity contribution in [1.82, 2.24) is 4.90 Å². The summed E-state index contributed by atoms with van der Waals surface area (Å²) in [5.74, 6) is -1.44. The summed E-state index contributed by atoms with van der Waals surface area (Å²) in [4.78, 5) is 25.5. The van der Waals surface area contributed by atoms with Crippen LogP contribution in [0.25, 0.3) is 0 Å². The first-order valence-electron chi connectivity index (χ1n) is 8.07. The molecule has 1 amide bonds. The Morgan fingerprint density at radius 2 is 2.00 bits per heavy atom. The van der Waals surface area contributed by atoms with Crippen LogP contribution in [0.4, 0.5) is 9.18 Å². The van der Waals surface area contributed by atoms with Gasteiger partial charge in [-0.25, -0.2) is 14.0 Å². The summed E-state index contributed by atoms with van der Waals surface area (Å²) in [5.41, 5.74) is -0.212. The maximum atomic E-state index is 14.7. The average Bonchev–Trinajstić information content (AvgIpc) is 2.53. The maximum absolute atomic E-state index is 14.7. The average molecular weight is 337 g/mol. The van der Waals surface area contributed by atoms with Gasteiger partial charge in [0.15, 0.2) is 0 Å². The van der Waals surface area contributed by atoms with Crippen LogP contribution in [0.5, 0.6) is 0 Å². The number of rotatable bonds is 2. The molecule has 0 saturated carbocycles. The number of amides is 1. The smallest absolute Gasteiger partial charge is 0.410 e. The third-order valence-corrected chi connectivity index (χ3v) is 3.95. The predicted molar refractivity (Wildman–Crippen MR) is 87.5 cm³/mol. The molecule has 1 saturated heterocycles. The summed E-state index contributed by atoms with van der Waals surface area (Å²) in [6, 6.07) is 4.70. The second-order valence-corrected chi connectivity index (χ2v) is 6.97. The zero-order valence-corrected chi connectivity index (χ0v) is 14.6. The van der Waals surface area contributed by atoms with Gasteiger partial charge in [0.05, 0.1) is 12.7 Å². The van der Waals surface area contributed by atoms with Gasteiger partial charge in [-0.15, -0.1) is 0 Å². The van der Waals surface area contributed by atoms with Crippen molar-refractivity contribution in [3.05, 3.63) is 35.1 Å². The lowest BCUT2D eigenvalue weighted by molar-refractivity contribution is 0.0196. The van der Waals surface area contributed by atoms with Crippen LogP contribution in [0.1, 0.15) is 55.5 Å². The van der Waals surface area contributed by atoms with Gasteiger partial charge < -0.3 is 14.4 Å². The van der Waals surface area contributed by atoms with Crippen molar-refractivity contribution in [1.29, 1.82) is 0 Å². The summed E-state index contributed by atoms with van der Waals surface area (Å²) in [6.45, 7) is 6.39. The lowest BCUT2D eigenvalue weighted by atomic mass is 9.89. The van der Waals surface area contributed by atoms with Gasteiger partial charge >= 0.3 is 12.1 Å². The molecule has 2 rings (SSSR count). The van der Waals surface area contributed by atoms with E-state index in [4.69, 9.17) is 4.74 Å². The van der Waals surface area contributed by atoms with E-state index >= 15 is 0 Å². The molecule has 0 spiro atoms. The zero-order valence-electron chi connectivity index (χ0n) is 14.6. The van der Waals surface area contributed by atoms with E-state index in [2.05, 4.69) is 4.74 Å². The van der Waals surface area contributed by atoms with E-state index in [1.165, 1.54) is 13.2 Å². The Morgan fingerprint density at radius 3 is 2.62 bits per heavy atom. The van der Waals surface area contributed by atoms with Crippen LogP contribution in [0.15, 0.2) is 18.2 Å². The number of ether oxygens (including phenoxy) is 2. The van der Waals surface area contributed by atoms with Gasteiger partial charge in [0.2, 0.25) is 0 Å². The van der Waals surface area contributed by atoms with E-state index in [0.29, 0.717) is 18.7 Å². The molecule has 1 aliphatic rings. The number of piperidine rings is 1.